The predicted octanol–water partition coefficient (Wildman–Crippen LogP) is 13.5. The molecule has 0 unspecified atom stereocenters. The van der Waals surface area contributed by atoms with Crippen LogP contribution in [0.15, 0.2) is 188 Å². The maximum absolute atomic E-state index is 4.76. The molecule has 1 heterocycles. The molecule has 50 heavy (non-hydrogen) atoms. The maximum Gasteiger partial charge on any atom is 0.0714 e. The Bertz CT molecular complexity index is 2830. The number of aromatic nitrogens is 1. The van der Waals surface area contributed by atoms with E-state index in [1.165, 1.54) is 92.8 Å². The number of rotatable bonds is 4. The highest BCUT2D eigenvalue weighted by molar-refractivity contribution is 6.22. The zero-order chi connectivity index (χ0) is 33.0. The third-order valence-corrected chi connectivity index (χ3v) is 10.3. The van der Waals surface area contributed by atoms with Gasteiger partial charge in [0.1, 0.15) is 0 Å². The summed E-state index contributed by atoms with van der Waals surface area (Å²) in [5, 5.41) is 12.6. The third kappa shape index (κ3) is 4.52. The van der Waals surface area contributed by atoms with Crippen LogP contribution in [0.1, 0.15) is 0 Å². The molecule has 232 valence electrons. The van der Waals surface area contributed by atoms with Crippen LogP contribution in [0.3, 0.4) is 0 Å². The second-order valence-electron chi connectivity index (χ2n) is 13.1. The lowest BCUT2D eigenvalue weighted by Crippen LogP contribution is -1.92. The Morgan fingerprint density at radius 2 is 0.760 bits per heavy atom. The van der Waals surface area contributed by atoms with Crippen LogP contribution in [0.2, 0.25) is 0 Å². The van der Waals surface area contributed by atoms with Crippen LogP contribution >= 0.6 is 0 Å². The van der Waals surface area contributed by atoms with Crippen LogP contribution in [0, 0.1) is 0 Å². The quantitative estimate of drug-likeness (QED) is 0.139. The van der Waals surface area contributed by atoms with Gasteiger partial charge in [-0.05, 0) is 105 Å². The summed E-state index contributed by atoms with van der Waals surface area (Å²) in [4.78, 5) is 4.76. The molecule has 0 radical (unpaired) electrons. The van der Waals surface area contributed by atoms with E-state index in [-0.39, 0.29) is 0 Å². The monoisotopic (exact) mass is 633 g/mol. The summed E-state index contributed by atoms with van der Waals surface area (Å²) in [7, 11) is 0. The van der Waals surface area contributed by atoms with Crippen molar-refractivity contribution in [3.05, 3.63) is 188 Å². The number of nitrogens with zero attached hydrogens (tertiary/aromatic N) is 1. The van der Waals surface area contributed by atoms with E-state index in [1.54, 1.807) is 0 Å². The lowest BCUT2D eigenvalue weighted by molar-refractivity contribution is 1.34. The molecule has 0 aliphatic carbocycles. The molecule has 1 aromatic heterocycles. The molecule has 9 aromatic carbocycles. The fourth-order valence-electron chi connectivity index (χ4n) is 8.00. The van der Waals surface area contributed by atoms with E-state index in [4.69, 9.17) is 4.98 Å². The number of fused-ring (bicyclic) bond motifs is 7. The van der Waals surface area contributed by atoms with E-state index in [9.17, 15) is 0 Å². The normalized spacial score (nSPS) is 11.6. The second-order valence-corrected chi connectivity index (χ2v) is 13.1. The molecule has 0 N–H and O–H groups in total. The van der Waals surface area contributed by atoms with Crippen LogP contribution < -0.4 is 0 Å². The van der Waals surface area contributed by atoms with Crippen molar-refractivity contribution < 1.29 is 0 Å². The van der Waals surface area contributed by atoms with Crippen molar-refractivity contribution in [2.75, 3.05) is 0 Å². The van der Waals surface area contributed by atoms with Gasteiger partial charge in [-0.1, -0.05) is 164 Å². The van der Waals surface area contributed by atoms with Gasteiger partial charge in [0.2, 0.25) is 0 Å². The fraction of sp³-hybridized carbons (Fsp3) is 0. The van der Waals surface area contributed by atoms with E-state index < -0.39 is 0 Å². The molecule has 0 saturated carbocycles. The minimum atomic E-state index is 0.996. The Morgan fingerprint density at radius 3 is 1.38 bits per heavy atom. The molecule has 0 fully saturated rings. The third-order valence-electron chi connectivity index (χ3n) is 10.3. The summed E-state index contributed by atoms with van der Waals surface area (Å²) in [6.07, 6.45) is 1.88. The number of benzene rings is 9. The summed E-state index contributed by atoms with van der Waals surface area (Å²) in [6, 6.07) is 66.2. The molecule has 0 atom stereocenters. The van der Waals surface area contributed by atoms with Gasteiger partial charge in [0, 0.05) is 11.8 Å². The number of pyridine rings is 1. The summed E-state index contributed by atoms with van der Waals surface area (Å²) >= 11 is 0. The van der Waals surface area contributed by atoms with Crippen molar-refractivity contribution >= 4 is 53.9 Å². The SMILES string of the molecule is c1ccc(-c2c3ccccc3c(-c3ccc(-c4ccc(-c5cc6c7ccccc7ccc6c6ccccc56)cc4)cc3)c3ccccc23)nc1. The van der Waals surface area contributed by atoms with Crippen LogP contribution in [0.25, 0.3) is 98.5 Å². The largest absolute Gasteiger partial charge is 0.256 e. The van der Waals surface area contributed by atoms with Gasteiger partial charge < -0.3 is 0 Å². The molecule has 0 spiro atoms. The highest BCUT2D eigenvalue weighted by Crippen LogP contribution is 2.44. The van der Waals surface area contributed by atoms with E-state index in [2.05, 4.69) is 176 Å². The van der Waals surface area contributed by atoms with E-state index in [0.717, 1.165) is 5.69 Å². The van der Waals surface area contributed by atoms with Crippen molar-refractivity contribution in [3.8, 4) is 44.6 Å². The van der Waals surface area contributed by atoms with Crippen LogP contribution in [0.4, 0.5) is 0 Å². The van der Waals surface area contributed by atoms with Gasteiger partial charge in [0.05, 0.1) is 5.69 Å². The fourth-order valence-corrected chi connectivity index (χ4v) is 8.00. The Balaban J connectivity index is 1.07. The van der Waals surface area contributed by atoms with Crippen LogP contribution in [0.5, 0.6) is 0 Å². The zero-order valence-corrected chi connectivity index (χ0v) is 27.3. The molecule has 1 nitrogen and oxygen atoms in total. The van der Waals surface area contributed by atoms with E-state index in [0.29, 0.717) is 0 Å². The summed E-state index contributed by atoms with van der Waals surface area (Å²) in [5.74, 6) is 0. The molecule has 0 aliphatic rings. The first-order valence-electron chi connectivity index (χ1n) is 17.2. The van der Waals surface area contributed by atoms with Crippen molar-refractivity contribution in [1.82, 2.24) is 4.98 Å². The average molecular weight is 634 g/mol. The van der Waals surface area contributed by atoms with Crippen molar-refractivity contribution in [2.24, 2.45) is 0 Å². The average Bonchev–Trinajstić information content (AvgIpc) is 3.20. The summed E-state index contributed by atoms with van der Waals surface area (Å²) in [5.41, 5.74) is 9.54. The van der Waals surface area contributed by atoms with Gasteiger partial charge >= 0.3 is 0 Å². The first-order chi connectivity index (χ1) is 24.8. The topological polar surface area (TPSA) is 12.9 Å². The highest BCUT2D eigenvalue weighted by Gasteiger charge is 2.17. The van der Waals surface area contributed by atoms with Gasteiger partial charge in [-0.25, -0.2) is 0 Å². The van der Waals surface area contributed by atoms with Gasteiger partial charge in [0.25, 0.3) is 0 Å². The Kier molecular flexibility index (Phi) is 6.57. The van der Waals surface area contributed by atoms with Crippen LogP contribution in [-0.2, 0) is 0 Å². The zero-order valence-electron chi connectivity index (χ0n) is 27.3. The van der Waals surface area contributed by atoms with Gasteiger partial charge in [-0.15, -0.1) is 0 Å². The molecular weight excluding hydrogens is 603 g/mol. The standard InChI is InChI=1S/C49H31N/c1-2-12-37-34(11-1)28-29-40-38-13-3-4-14-39(38)45(31-46(37)40)35-24-20-32(21-25-35)33-22-26-36(27-23-33)48-41-15-5-7-17-43(41)49(47-19-9-10-30-50-47)44-18-8-6-16-42(44)48/h1-31H. The smallest absolute Gasteiger partial charge is 0.0714 e. The Labute approximate surface area is 290 Å². The Morgan fingerprint density at radius 1 is 0.280 bits per heavy atom. The summed E-state index contributed by atoms with van der Waals surface area (Å²) < 4.78 is 0. The number of hydrogen-bond donors (Lipinski definition) is 0. The predicted molar refractivity (Wildman–Crippen MR) is 214 cm³/mol. The number of hydrogen-bond acceptors (Lipinski definition) is 1. The Hall–Kier alpha value is -6.57. The lowest BCUT2D eigenvalue weighted by Gasteiger charge is -2.17. The van der Waals surface area contributed by atoms with Gasteiger partial charge in [-0.3, -0.25) is 4.98 Å². The highest BCUT2D eigenvalue weighted by atomic mass is 14.7. The molecule has 0 bridgehead atoms. The minimum absolute atomic E-state index is 0.996. The van der Waals surface area contributed by atoms with Gasteiger partial charge in [0.15, 0.2) is 0 Å². The van der Waals surface area contributed by atoms with Crippen molar-refractivity contribution in [1.29, 1.82) is 0 Å². The molecular formula is C49H31N. The van der Waals surface area contributed by atoms with Crippen LogP contribution in [-0.4, -0.2) is 4.98 Å². The molecule has 1 heteroatoms. The molecule has 10 aromatic rings. The van der Waals surface area contributed by atoms with E-state index in [1.807, 2.05) is 12.3 Å². The molecule has 0 saturated heterocycles. The summed E-state index contributed by atoms with van der Waals surface area (Å²) in [6.45, 7) is 0. The lowest BCUT2D eigenvalue weighted by atomic mass is 9.87. The molecule has 10 rings (SSSR count). The molecule has 0 amide bonds. The van der Waals surface area contributed by atoms with E-state index >= 15 is 0 Å². The first kappa shape index (κ1) is 28.4. The van der Waals surface area contributed by atoms with Crippen molar-refractivity contribution in [2.45, 2.75) is 0 Å². The first-order valence-corrected chi connectivity index (χ1v) is 17.2. The van der Waals surface area contributed by atoms with Crippen molar-refractivity contribution in [3.63, 3.8) is 0 Å². The minimum Gasteiger partial charge on any atom is -0.256 e. The van der Waals surface area contributed by atoms with Gasteiger partial charge in [-0.2, -0.15) is 0 Å². The second kappa shape index (κ2) is 11.5. The maximum atomic E-state index is 4.76. The molecule has 0 aliphatic heterocycles.